The summed E-state index contributed by atoms with van der Waals surface area (Å²) >= 11 is 0. The molecule has 0 unspecified atom stereocenters. The standard InChI is InChI=1S/C22H21FN6O3/c1-15(32-17-6-3-2-5-16(17)23)22(30)28-12-10-27(11-13-28)20-9-8-19-24-25-21(29(19)26-20)18-7-4-14-31-18/h2-9,14-15H,10-13H2,1H3/t15-/m1/s1. The minimum atomic E-state index is -0.777. The summed E-state index contributed by atoms with van der Waals surface area (Å²) in [5, 5.41) is 13.0. The molecule has 0 saturated carbocycles. The number of halogens is 1. The van der Waals surface area contributed by atoms with E-state index in [4.69, 9.17) is 9.15 Å². The minimum Gasteiger partial charge on any atom is -0.478 e. The second-order valence-electron chi connectivity index (χ2n) is 7.47. The van der Waals surface area contributed by atoms with Gasteiger partial charge in [0.15, 0.2) is 29.1 Å². The molecule has 4 heterocycles. The van der Waals surface area contributed by atoms with E-state index in [-0.39, 0.29) is 11.7 Å². The first-order valence-corrected chi connectivity index (χ1v) is 10.3. The molecule has 32 heavy (non-hydrogen) atoms. The number of furan rings is 1. The lowest BCUT2D eigenvalue weighted by Crippen LogP contribution is -2.52. The van der Waals surface area contributed by atoms with Gasteiger partial charge in [0.2, 0.25) is 5.82 Å². The van der Waals surface area contributed by atoms with Crippen LogP contribution < -0.4 is 9.64 Å². The summed E-state index contributed by atoms with van der Waals surface area (Å²) in [7, 11) is 0. The van der Waals surface area contributed by atoms with Gasteiger partial charge in [-0.2, -0.15) is 4.52 Å². The quantitative estimate of drug-likeness (QED) is 0.475. The molecule has 0 N–H and O–H groups in total. The van der Waals surface area contributed by atoms with E-state index >= 15 is 0 Å². The third-order valence-corrected chi connectivity index (χ3v) is 5.39. The number of hydrogen-bond donors (Lipinski definition) is 0. The number of carbonyl (C=O) groups is 1. The van der Waals surface area contributed by atoms with Gasteiger partial charge in [0.1, 0.15) is 5.82 Å². The molecule has 0 radical (unpaired) electrons. The van der Waals surface area contributed by atoms with E-state index in [1.807, 2.05) is 12.1 Å². The van der Waals surface area contributed by atoms with E-state index in [0.717, 1.165) is 5.82 Å². The average molecular weight is 436 g/mol. The van der Waals surface area contributed by atoms with Gasteiger partial charge < -0.3 is 19.0 Å². The Kier molecular flexibility index (Phi) is 5.18. The van der Waals surface area contributed by atoms with Gasteiger partial charge in [0.05, 0.1) is 6.26 Å². The number of hydrogen-bond acceptors (Lipinski definition) is 7. The number of amides is 1. The molecule has 1 atom stereocenters. The lowest BCUT2D eigenvalue weighted by Gasteiger charge is -2.36. The van der Waals surface area contributed by atoms with Crippen molar-refractivity contribution < 1.29 is 18.3 Å². The molecule has 10 heteroatoms. The van der Waals surface area contributed by atoms with Gasteiger partial charge in [0.25, 0.3) is 5.91 Å². The molecule has 3 aromatic heterocycles. The zero-order valence-electron chi connectivity index (χ0n) is 17.4. The molecule has 1 aliphatic rings. The van der Waals surface area contributed by atoms with Crippen LogP contribution in [0.4, 0.5) is 10.2 Å². The molecule has 1 aromatic carbocycles. The smallest absolute Gasteiger partial charge is 0.263 e. The normalized spacial score (nSPS) is 15.2. The predicted molar refractivity (Wildman–Crippen MR) is 114 cm³/mol. The summed E-state index contributed by atoms with van der Waals surface area (Å²) < 4.78 is 26.4. The monoisotopic (exact) mass is 436 g/mol. The summed E-state index contributed by atoms with van der Waals surface area (Å²) in [6.07, 6.45) is 0.800. The van der Waals surface area contributed by atoms with Crippen LogP contribution >= 0.6 is 0 Å². The van der Waals surface area contributed by atoms with Crippen molar-refractivity contribution in [1.29, 1.82) is 0 Å². The Balaban J connectivity index is 1.25. The predicted octanol–water partition coefficient (Wildman–Crippen LogP) is 2.64. The van der Waals surface area contributed by atoms with Crippen molar-refractivity contribution in [2.45, 2.75) is 13.0 Å². The van der Waals surface area contributed by atoms with Crippen molar-refractivity contribution in [3.63, 3.8) is 0 Å². The van der Waals surface area contributed by atoms with Crippen LogP contribution in [-0.4, -0.2) is 62.9 Å². The molecule has 1 saturated heterocycles. The van der Waals surface area contributed by atoms with Gasteiger partial charge >= 0.3 is 0 Å². The Morgan fingerprint density at radius 2 is 1.88 bits per heavy atom. The lowest BCUT2D eigenvalue weighted by molar-refractivity contribution is -0.138. The number of ether oxygens (including phenoxy) is 1. The van der Waals surface area contributed by atoms with Crippen molar-refractivity contribution in [1.82, 2.24) is 24.7 Å². The van der Waals surface area contributed by atoms with Crippen LogP contribution in [0, 0.1) is 5.82 Å². The van der Waals surface area contributed by atoms with Gasteiger partial charge in [-0.3, -0.25) is 4.79 Å². The van der Waals surface area contributed by atoms with Crippen molar-refractivity contribution in [3.8, 4) is 17.3 Å². The number of anilines is 1. The second-order valence-corrected chi connectivity index (χ2v) is 7.47. The fraction of sp³-hybridized carbons (Fsp3) is 0.273. The second kappa shape index (κ2) is 8.29. The van der Waals surface area contributed by atoms with E-state index in [1.165, 1.54) is 12.1 Å². The molecule has 1 amide bonds. The SMILES string of the molecule is C[C@@H](Oc1ccccc1F)C(=O)N1CCN(c2ccc3nnc(-c4ccco4)n3n2)CC1. The summed E-state index contributed by atoms with van der Waals surface area (Å²) in [4.78, 5) is 16.6. The molecule has 1 fully saturated rings. The van der Waals surface area contributed by atoms with E-state index in [0.29, 0.717) is 43.4 Å². The van der Waals surface area contributed by atoms with Crippen molar-refractivity contribution in [2.75, 3.05) is 31.1 Å². The number of aromatic nitrogens is 4. The molecule has 0 aliphatic carbocycles. The maximum absolute atomic E-state index is 13.8. The van der Waals surface area contributed by atoms with E-state index in [1.54, 1.807) is 46.9 Å². The number of rotatable bonds is 5. The number of para-hydroxylation sites is 1. The number of benzene rings is 1. The van der Waals surface area contributed by atoms with Gasteiger partial charge in [-0.1, -0.05) is 12.1 Å². The van der Waals surface area contributed by atoms with Gasteiger partial charge in [0, 0.05) is 26.2 Å². The molecule has 0 bridgehead atoms. The van der Waals surface area contributed by atoms with Crippen LogP contribution in [0.2, 0.25) is 0 Å². The van der Waals surface area contributed by atoms with Gasteiger partial charge in [-0.15, -0.1) is 15.3 Å². The average Bonchev–Trinajstić information content (AvgIpc) is 3.49. The molecule has 0 spiro atoms. The first-order valence-electron chi connectivity index (χ1n) is 10.3. The zero-order valence-corrected chi connectivity index (χ0v) is 17.4. The fourth-order valence-electron chi connectivity index (χ4n) is 3.70. The van der Waals surface area contributed by atoms with E-state index < -0.39 is 11.9 Å². The van der Waals surface area contributed by atoms with Gasteiger partial charge in [-0.25, -0.2) is 4.39 Å². The first kappa shape index (κ1) is 20.0. The molecular formula is C22H21FN6O3. The third-order valence-electron chi connectivity index (χ3n) is 5.39. The third kappa shape index (κ3) is 3.75. The van der Waals surface area contributed by atoms with Crippen molar-refractivity contribution in [2.24, 2.45) is 0 Å². The Morgan fingerprint density at radius 3 is 2.62 bits per heavy atom. The zero-order chi connectivity index (χ0) is 22.1. The largest absolute Gasteiger partial charge is 0.478 e. The first-order chi connectivity index (χ1) is 15.6. The molecule has 4 aromatic rings. The number of fused-ring (bicyclic) bond motifs is 1. The highest BCUT2D eigenvalue weighted by Gasteiger charge is 2.27. The summed E-state index contributed by atoms with van der Waals surface area (Å²) in [6.45, 7) is 3.87. The van der Waals surface area contributed by atoms with Crippen LogP contribution in [0.1, 0.15) is 6.92 Å². The Morgan fingerprint density at radius 1 is 1.06 bits per heavy atom. The maximum atomic E-state index is 13.8. The van der Waals surface area contributed by atoms with E-state index in [9.17, 15) is 9.18 Å². The number of nitrogens with zero attached hydrogens (tertiary/aromatic N) is 6. The fourth-order valence-corrected chi connectivity index (χ4v) is 3.70. The lowest BCUT2D eigenvalue weighted by atomic mass is 10.2. The molecule has 1 aliphatic heterocycles. The van der Waals surface area contributed by atoms with Crippen LogP contribution in [0.5, 0.6) is 5.75 Å². The molecule has 5 rings (SSSR count). The Labute approximate surface area is 183 Å². The number of piperazine rings is 1. The Hall–Kier alpha value is -3.95. The number of carbonyl (C=O) groups excluding carboxylic acids is 1. The van der Waals surface area contributed by atoms with Crippen LogP contribution in [0.3, 0.4) is 0 Å². The topological polar surface area (TPSA) is 89.0 Å². The van der Waals surface area contributed by atoms with E-state index in [2.05, 4.69) is 20.2 Å². The van der Waals surface area contributed by atoms with Crippen LogP contribution in [-0.2, 0) is 4.79 Å². The summed E-state index contributed by atoms with van der Waals surface area (Å²) in [5.74, 6) is 1.29. The Bertz CT molecular complexity index is 1230. The molecular weight excluding hydrogens is 415 g/mol. The maximum Gasteiger partial charge on any atom is 0.263 e. The highest BCUT2D eigenvalue weighted by molar-refractivity contribution is 5.81. The van der Waals surface area contributed by atoms with Gasteiger partial charge in [-0.05, 0) is 43.3 Å². The highest BCUT2D eigenvalue weighted by atomic mass is 19.1. The summed E-state index contributed by atoms with van der Waals surface area (Å²) in [5.41, 5.74) is 0.619. The van der Waals surface area contributed by atoms with Crippen LogP contribution in [0.15, 0.2) is 59.2 Å². The van der Waals surface area contributed by atoms with Crippen LogP contribution in [0.25, 0.3) is 17.2 Å². The highest BCUT2D eigenvalue weighted by Crippen LogP contribution is 2.21. The van der Waals surface area contributed by atoms with Crippen molar-refractivity contribution in [3.05, 3.63) is 60.6 Å². The molecule has 164 valence electrons. The molecule has 9 nitrogen and oxygen atoms in total. The summed E-state index contributed by atoms with van der Waals surface area (Å²) in [6, 6.07) is 13.4. The van der Waals surface area contributed by atoms with Crippen molar-refractivity contribution >= 4 is 17.4 Å². The minimum absolute atomic E-state index is 0.0748.